The lowest BCUT2D eigenvalue weighted by Crippen LogP contribution is -2.42. The van der Waals surface area contributed by atoms with Gasteiger partial charge in [0.2, 0.25) is 5.91 Å². The van der Waals surface area contributed by atoms with E-state index in [4.69, 9.17) is 0 Å². The van der Waals surface area contributed by atoms with E-state index in [2.05, 4.69) is 20.8 Å². The summed E-state index contributed by atoms with van der Waals surface area (Å²) in [6.45, 7) is 1.80. The number of alkyl halides is 2. The molecule has 1 aliphatic carbocycles. The minimum absolute atomic E-state index is 0.101. The van der Waals surface area contributed by atoms with E-state index in [1.807, 2.05) is 0 Å². The Morgan fingerprint density at radius 3 is 2.56 bits per heavy atom. The molecular formula is C17H18F2N4O2. The van der Waals surface area contributed by atoms with E-state index >= 15 is 0 Å². The van der Waals surface area contributed by atoms with E-state index in [0.29, 0.717) is 5.56 Å². The summed E-state index contributed by atoms with van der Waals surface area (Å²) in [5.41, 5.74) is 2.31. The summed E-state index contributed by atoms with van der Waals surface area (Å²) in [5.74, 6) is -5.08. The van der Waals surface area contributed by atoms with Crippen molar-refractivity contribution in [3.8, 4) is 11.1 Å². The molecule has 0 saturated heterocycles. The summed E-state index contributed by atoms with van der Waals surface area (Å²) in [6, 6.07) is 6.61. The third-order valence-electron chi connectivity index (χ3n) is 4.08. The molecule has 1 unspecified atom stereocenters. The summed E-state index contributed by atoms with van der Waals surface area (Å²) in [7, 11) is 0. The first-order chi connectivity index (χ1) is 11.9. The second kappa shape index (κ2) is 6.62. The van der Waals surface area contributed by atoms with Crippen molar-refractivity contribution in [3.05, 3.63) is 42.2 Å². The molecule has 1 aromatic heterocycles. The predicted molar refractivity (Wildman–Crippen MR) is 87.0 cm³/mol. The van der Waals surface area contributed by atoms with Crippen molar-refractivity contribution < 1.29 is 18.4 Å². The summed E-state index contributed by atoms with van der Waals surface area (Å²) in [6.07, 6.45) is 3.04. The molecular weight excluding hydrogens is 330 g/mol. The van der Waals surface area contributed by atoms with E-state index in [9.17, 15) is 18.4 Å². The van der Waals surface area contributed by atoms with Crippen LogP contribution in [0.25, 0.3) is 11.1 Å². The minimum atomic E-state index is -2.88. The van der Waals surface area contributed by atoms with Crippen LogP contribution in [-0.2, 0) is 4.79 Å². The highest BCUT2D eigenvalue weighted by molar-refractivity contribution is 5.95. The molecule has 3 rings (SSSR count). The van der Waals surface area contributed by atoms with Gasteiger partial charge in [-0.1, -0.05) is 12.1 Å². The molecule has 6 nitrogen and oxygen atoms in total. The van der Waals surface area contributed by atoms with Crippen molar-refractivity contribution in [2.45, 2.75) is 25.3 Å². The molecule has 1 heterocycles. The first kappa shape index (κ1) is 17.1. The molecule has 2 amide bonds. The quantitative estimate of drug-likeness (QED) is 0.746. The van der Waals surface area contributed by atoms with Crippen LogP contribution in [0.5, 0.6) is 0 Å². The van der Waals surface area contributed by atoms with Gasteiger partial charge in [0.05, 0.1) is 6.20 Å². The van der Waals surface area contributed by atoms with Crippen LogP contribution in [-0.4, -0.2) is 40.5 Å². The van der Waals surface area contributed by atoms with E-state index in [0.717, 1.165) is 11.1 Å². The summed E-state index contributed by atoms with van der Waals surface area (Å²) < 4.78 is 25.6. The van der Waals surface area contributed by atoms with Crippen LogP contribution in [0.2, 0.25) is 0 Å². The Hall–Kier alpha value is -2.77. The van der Waals surface area contributed by atoms with Crippen LogP contribution in [0.3, 0.4) is 0 Å². The second-order valence-corrected chi connectivity index (χ2v) is 6.20. The lowest BCUT2D eigenvalue weighted by Gasteiger charge is -2.15. The Balaban J connectivity index is 1.49. The molecule has 0 aliphatic heterocycles. The van der Waals surface area contributed by atoms with Crippen molar-refractivity contribution >= 4 is 11.8 Å². The minimum Gasteiger partial charge on any atom is -0.354 e. The highest BCUT2D eigenvalue weighted by atomic mass is 19.3. The molecule has 8 heteroatoms. The van der Waals surface area contributed by atoms with Gasteiger partial charge < -0.3 is 10.6 Å². The fourth-order valence-electron chi connectivity index (χ4n) is 2.46. The Bertz CT molecular complexity index is 759. The van der Waals surface area contributed by atoms with Gasteiger partial charge in [0, 0.05) is 36.3 Å². The fourth-order valence-corrected chi connectivity index (χ4v) is 2.46. The van der Waals surface area contributed by atoms with Gasteiger partial charge in [-0.25, -0.2) is 8.78 Å². The van der Waals surface area contributed by atoms with Crippen LogP contribution in [0.4, 0.5) is 8.78 Å². The van der Waals surface area contributed by atoms with Crippen molar-refractivity contribution in [1.82, 2.24) is 20.8 Å². The SMILES string of the molecule is C[C@H](CNC(=O)C1CC1(F)F)NC(=O)c1ccc(-c2cn[nH]c2)cc1. The zero-order chi connectivity index (χ0) is 18.0. The van der Waals surface area contributed by atoms with Crippen LogP contribution < -0.4 is 10.6 Å². The Morgan fingerprint density at radius 1 is 1.32 bits per heavy atom. The van der Waals surface area contributed by atoms with Crippen molar-refractivity contribution in [3.63, 3.8) is 0 Å². The maximum absolute atomic E-state index is 12.8. The number of benzene rings is 1. The Kier molecular flexibility index (Phi) is 4.52. The number of carbonyl (C=O) groups is 2. The number of aromatic amines is 1. The largest absolute Gasteiger partial charge is 0.354 e. The molecule has 1 aromatic carbocycles. The van der Waals surface area contributed by atoms with Crippen molar-refractivity contribution in [2.24, 2.45) is 5.92 Å². The number of nitrogens with zero attached hydrogens (tertiary/aromatic N) is 1. The molecule has 2 atom stereocenters. The van der Waals surface area contributed by atoms with Gasteiger partial charge in [0.1, 0.15) is 5.92 Å². The second-order valence-electron chi connectivity index (χ2n) is 6.20. The number of carbonyl (C=O) groups excluding carboxylic acids is 2. The number of aromatic nitrogens is 2. The zero-order valence-corrected chi connectivity index (χ0v) is 13.6. The van der Waals surface area contributed by atoms with Crippen molar-refractivity contribution in [2.75, 3.05) is 6.54 Å². The molecule has 1 fully saturated rings. The lowest BCUT2D eigenvalue weighted by atomic mass is 10.1. The Morgan fingerprint density at radius 2 is 2.00 bits per heavy atom. The summed E-state index contributed by atoms with van der Waals surface area (Å²) in [4.78, 5) is 23.7. The molecule has 25 heavy (non-hydrogen) atoms. The molecule has 0 bridgehead atoms. The van der Waals surface area contributed by atoms with Crippen LogP contribution >= 0.6 is 0 Å². The molecule has 1 aliphatic rings. The Labute approximate surface area is 143 Å². The number of H-pyrrole nitrogens is 1. The third-order valence-corrected chi connectivity index (χ3v) is 4.08. The number of hydrogen-bond donors (Lipinski definition) is 3. The first-order valence-corrected chi connectivity index (χ1v) is 7.92. The van der Waals surface area contributed by atoms with Gasteiger partial charge in [-0.15, -0.1) is 0 Å². The fraction of sp³-hybridized carbons (Fsp3) is 0.353. The van der Waals surface area contributed by atoms with E-state index < -0.39 is 24.2 Å². The van der Waals surface area contributed by atoms with E-state index in [1.165, 1.54) is 0 Å². The highest BCUT2D eigenvalue weighted by Crippen LogP contribution is 2.48. The number of rotatable bonds is 6. The zero-order valence-electron chi connectivity index (χ0n) is 13.6. The molecule has 0 radical (unpaired) electrons. The van der Waals surface area contributed by atoms with E-state index in [1.54, 1.807) is 43.6 Å². The molecule has 132 valence electrons. The molecule has 1 saturated carbocycles. The number of halogens is 2. The highest BCUT2D eigenvalue weighted by Gasteiger charge is 2.61. The van der Waals surface area contributed by atoms with Gasteiger partial charge in [0.25, 0.3) is 11.8 Å². The number of nitrogens with one attached hydrogen (secondary N) is 3. The molecule has 0 spiro atoms. The van der Waals surface area contributed by atoms with Crippen LogP contribution in [0, 0.1) is 5.92 Å². The van der Waals surface area contributed by atoms with Gasteiger partial charge in [-0.2, -0.15) is 5.10 Å². The number of amides is 2. The lowest BCUT2D eigenvalue weighted by molar-refractivity contribution is -0.124. The van der Waals surface area contributed by atoms with Gasteiger partial charge >= 0.3 is 0 Å². The average molecular weight is 348 g/mol. The monoisotopic (exact) mass is 348 g/mol. The predicted octanol–water partition coefficient (Wildman–Crippen LogP) is 1.97. The van der Waals surface area contributed by atoms with Crippen molar-refractivity contribution in [1.29, 1.82) is 0 Å². The average Bonchev–Trinajstić information content (AvgIpc) is 3.01. The van der Waals surface area contributed by atoms with E-state index in [-0.39, 0.29) is 18.5 Å². The normalized spacial score (nSPS) is 19.1. The van der Waals surface area contributed by atoms with Crippen LogP contribution in [0.1, 0.15) is 23.7 Å². The molecule has 3 N–H and O–H groups in total. The number of hydrogen-bond acceptors (Lipinski definition) is 3. The van der Waals surface area contributed by atoms with Gasteiger partial charge in [-0.05, 0) is 24.6 Å². The van der Waals surface area contributed by atoms with Gasteiger partial charge in [-0.3, -0.25) is 14.7 Å². The summed E-state index contributed by atoms with van der Waals surface area (Å²) in [5, 5.41) is 11.8. The summed E-state index contributed by atoms with van der Waals surface area (Å²) >= 11 is 0. The molecule has 2 aromatic rings. The smallest absolute Gasteiger partial charge is 0.260 e. The third kappa shape index (κ3) is 4.01. The maximum Gasteiger partial charge on any atom is 0.260 e. The maximum atomic E-state index is 12.8. The standard InChI is InChI=1S/C17H18F2N4O2/c1-10(7-20-16(25)14-6-17(14,18)19)23-15(24)12-4-2-11(3-5-12)13-8-21-22-9-13/h2-5,8-10,14H,6-7H2,1H3,(H,20,25)(H,21,22)(H,23,24)/t10-,14?/m1/s1. The first-order valence-electron chi connectivity index (χ1n) is 7.92. The van der Waals surface area contributed by atoms with Gasteiger partial charge in [0.15, 0.2) is 0 Å². The topological polar surface area (TPSA) is 86.9 Å². The van der Waals surface area contributed by atoms with Crippen LogP contribution in [0.15, 0.2) is 36.7 Å².